The van der Waals surface area contributed by atoms with E-state index in [4.69, 9.17) is 0 Å². The van der Waals surface area contributed by atoms with E-state index in [0.717, 1.165) is 13.0 Å². The minimum Gasteiger partial charge on any atom is -0.345 e. The smallest absolute Gasteiger partial charge is 0.193 e. The van der Waals surface area contributed by atoms with Gasteiger partial charge in [-0.15, -0.1) is 0 Å². The lowest BCUT2D eigenvalue weighted by molar-refractivity contribution is -0.942. The maximum atomic E-state index is 10.2. The molecule has 1 aliphatic heterocycles. The van der Waals surface area contributed by atoms with Gasteiger partial charge in [0.25, 0.3) is 0 Å². The predicted octanol–water partition coefficient (Wildman–Crippen LogP) is 6.99. The van der Waals surface area contributed by atoms with Crippen LogP contribution in [0.25, 0.3) is 0 Å². The highest BCUT2D eigenvalue weighted by Crippen LogP contribution is 2.25. The number of hydrogen-bond donors (Lipinski definition) is 2. The van der Waals surface area contributed by atoms with Crippen molar-refractivity contribution >= 4 is 0 Å². The molecule has 1 heterocycles. The fourth-order valence-corrected chi connectivity index (χ4v) is 4.42. The molecule has 164 valence electrons. The van der Waals surface area contributed by atoms with E-state index in [0.29, 0.717) is 10.6 Å². The van der Waals surface area contributed by atoms with E-state index in [1.54, 1.807) is 0 Å². The first-order valence-electron chi connectivity index (χ1n) is 12.3. The molecule has 2 N–H and O–H groups in total. The van der Waals surface area contributed by atoms with E-state index in [9.17, 15) is 5.11 Å². The first-order valence-corrected chi connectivity index (χ1v) is 12.3. The third-order valence-corrected chi connectivity index (χ3v) is 6.45. The number of nitrogens with one attached hydrogen (secondary N) is 1. The van der Waals surface area contributed by atoms with Gasteiger partial charge in [0.05, 0.1) is 12.7 Å². The molecule has 0 saturated carbocycles. The van der Waals surface area contributed by atoms with Gasteiger partial charge in [-0.25, -0.2) is 0 Å². The number of aliphatic hydroxyl groups excluding tert-OH is 1. The van der Waals surface area contributed by atoms with Crippen molar-refractivity contribution in [1.29, 1.82) is 0 Å². The molecular formula is C25H49N2O+. The molecule has 0 aromatic rings. The first-order chi connectivity index (χ1) is 13.7. The van der Waals surface area contributed by atoms with Crippen molar-refractivity contribution in [2.45, 2.75) is 129 Å². The van der Waals surface area contributed by atoms with E-state index in [1.807, 2.05) is 13.1 Å². The van der Waals surface area contributed by atoms with Crippen LogP contribution in [0.1, 0.15) is 117 Å². The molecule has 0 fully saturated rings. The van der Waals surface area contributed by atoms with Gasteiger partial charge in [-0.3, -0.25) is 4.48 Å². The summed E-state index contributed by atoms with van der Waals surface area (Å²) >= 11 is 0. The van der Waals surface area contributed by atoms with Gasteiger partial charge in [-0.2, -0.15) is 0 Å². The van der Waals surface area contributed by atoms with Gasteiger partial charge in [-0.1, -0.05) is 76.9 Å². The van der Waals surface area contributed by atoms with Crippen LogP contribution in [-0.2, 0) is 0 Å². The Hall–Kier alpha value is -0.800. The molecule has 0 amide bonds. The Morgan fingerprint density at radius 1 is 0.857 bits per heavy atom. The summed E-state index contributed by atoms with van der Waals surface area (Å²) < 4.78 is 0.668. The molecule has 3 nitrogen and oxygen atoms in total. The van der Waals surface area contributed by atoms with Crippen LogP contribution in [0.3, 0.4) is 0 Å². The number of unbranched alkanes of at least 4 members (excludes halogenated alkanes) is 12. The zero-order chi connectivity index (χ0) is 20.5. The molecule has 0 bridgehead atoms. The van der Waals surface area contributed by atoms with Crippen molar-refractivity contribution < 1.29 is 9.59 Å². The van der Waals surface area contributed by atoms with Crippen LogP contribution in [0.5, 0.6) is 0 Å². The van der Waals surface area contributed by atoms with Crippen LogP contribution in [-0.4, -0.2) is 28.5 Å². The highest BCUT2D eigenvalue weighted by Gasteiger charge is 2.40. The van der Waals surface area contributed by atoms with E-state index in [2.05, 4.69) is 37.5 Å². The van der Waals surface area contributed by atoms with E-state index < -0.39 is 0 Å². The van der Waals surface area contributed by atoms with Gasteiger partial charge in [0, 0.05) is 13.3 Å². The van der Waals surface area contributed by atoms with Crippen molar-refractivity contribution in [2.24, 2.45) is 0 Å². The topological polar surface area (TPSA) is 32.3 Å². The number of allylic oxidation sites excluding steroid dienone is 2. The quantitative estimate of drug-likeness (QED) is 0.149. The molecule has 0 saturated heterocycles. The SMILES string of the molecule is CCCCCCCCCC/C=C/CCCCCCC1NC=C[N+]1(CC)C(C)O. The number of quaternary nitrogens is 1. The van der Waals surface area contributed by atoms with E-state index in [1.165, 1.54) is 89.9 Å². The molecule has 3 unspecified atom stereocenters. The Bertz CT molecular complexity index is 419. The summed E-state index contributed by atoms with van der Waals surface area (Å²) in [6.45, 7) is 7.30. The molecular weight excluding hydrogens is 344 g/mol. The number of hydrogen-bond acceptors (Lipinski definition) is 2. The minimum atomic E-state index is -0.340. The second kappa shape index (κ2) is 16.0. The fourth-order valence-electron chi connectivity index (χ4n) is 4.42. The van der Waals surface area contributed by atoms with Crippen LogP contribution in [0, 0.1) is 0 Å². The van der Waals surface area contributed by atoms with Crippen LogP contribution in [0.2, 0.25) is 0 Å². The van der Waals surface area contributed by atoms with Crippen LogP contribution >= 0.6 is 0 Å². The van der Waals surface area contributed by atoms with Gasteiger partial charge in [0.2, 0.25) is 0 Å². The fraction of sp³-hybridized carbons (Fsp3) is 0.840. The lowest BCUT2D eigenvalue weighted by Crippen LogP contribution is -2.57. The minimum absolute atomic E-state index is 0.340. The second-order valence-electron chi connectivity index (χ2n) is 8.67. The zero-order valence-electron chi connectivity index (χ0n) is 19.2. The first kappa shape index (κ1) is 25.2. The number of nitrogens with zero attached hydrogens (tertiary/aromatic N) is 1. The number of aliphatic hydroxyl groups is 1. The summed E-state index contributed by atoms with van der Waals surface area (Å²) in [5, 5.41) is 13.6. The van der Waals surface area contributed by atoms with Crippen molar-refractivity contribution in [3.8, 4) is 0 Å². The van der Waals surface area contributed by atoms with Gasteiger partial charge in [-0.05, 0) is 39.0 Å². The molecule has 0 aromatic carbocycles. The third kappa shape index (κ3) is 9.60. The molecule has 28 heavy (non-hydrogen) atoms. The lowest BCUT2D eigenvalue weighted by atomic mass is 10.1. The molecule has 3 atom stereocenters. The summed E-state index contributed by atoms with van der Waals surface area (Å²) in [4.78, 5) is 0. The molecule has 0 aliphatic carbocycles. The summed E-state index contributed by atoms with van der Waals surface area (Å²) in [6.07, 6.45) is 29.1. The zero-order valence-corrected chi connectivity index (χ0v) is 19.2. The van der Waals surface area contributed by atoms with Crippen LogP contribution in [0.15, 0.2) is 24.6 Å². The highest BCUT2D eigenvalue weighted by molar-refractivity contribution is 4.85. The monoisotopic (exact) mass is 393 g/mol. The average Bonchev–Trinajstić information content (AvgIpc) is 3.12. The molecule has 0 aromatic heterocycles. The van der Waals surface area contributed by atoms with Crippen molar-refractivity contribution in [3.63, 3.8) is 0 Å². The van der Waals surface area contributed by atoms with Gasteiger partial charge < -0.3 is 10.4 Å². The standard InChI is InChI=1S/C25H49N2O/c1-4-6-7-8-9-10-11-12-13-14-15-16-17-18-19-20-21-25-26-22-23-27(25,5-2)24(3)28/h14-15,22-26,28H,4-13,16-21H2,1-3H3/q+1/b15-14+. The summed E-state index contributed by atoms with van der Waals surface area (Å²) in [7, 11) is 0. The number of rotatable bonds is 18. The van der Waals surface area contributed by atoms with Crippen LogP contribution < -0.4 is 5.32 Å². The van der Waals surface area contributed by atoms with Gasteiger partial charge >= 0.3 is 0 Å². The molecule has 0 spiro atoms. The Morgan fingerprint density at radius 2 is 1.39 bits per heavy atom. The highest BCUT2D eigenvalue weighted by atomic mass is 16.3. The summed E-state index contributed by atoms with van der Waals surface area (Å²) in [6, 6.07) is 0. The molecule has 1 rings (SSSR count). The van der Waals surface area contributed by atoms with Gasteiger partial charge in [0.1, 0.15) is 6.20 Å². The maximum Gasteiger partial charge on any atom is 0.193 e. The largest absolute Gasteiger partial charge is 0.345 e. The van der Waals surface area contributed by atoms with E-state index in [-0.39, 0.29) is 6.23 Å². The normalized spacial score (nSPS) is 22.8. The van der Waals surface area contributed by atoms with Crippen LogP contribution in [0.4, 0.5) is 0 Å². The van der Waals surface area contributed by atoms with Crippen molar-refractivity contribution in [1.82, 2.24) is 5.32 Å². The lowest BCUT2D eigenvalue weighted by Gasteiger charge is -2.39. The summed E-state index contributed by atoms with van der Waals surface area (Å²) in [5.74, 6) is 0. The van der Waals surface area contributed by atoms with Crippen molar-refractivity contribution in [3.05, 3.63) is 24.6 Å². The Morgan fingerprint density at radius 3 is 1.93 bits per heavy atom. The average molecular weight is 394 g/mol. The second-order valence-corrected chi connectivity index (χ2v) is 8.67. The van der Waals surface area contributed by atoms with E-state index >= 15 is 0 Å². The molecule has 3 heteroatoms. The van der Waals surface area contributed by atoms with Gasteiger partial charge in [0.15, 0.2) is 12.4 Å². The Kier molecular flexibility index (Phi) is 14.5. The predicted molar refractivity (Wildman–Crippen MR) is 123 cm³/mol. The third-order valence-electron chi connectivity index (χ3n) is 6.45. The summed E-state index contributed by atoms with van der Waals surface area (Å²) in [5.41, 5.74) is 0. The molecule has 0 radical (unpaired) electrons. The Balaban J connectivity index is 1.92. The van der Waals surface area contributed by atoms with Crippen molar-refractivity contribution in [2.75, 3.05) is 6.54 Å². The maximum absolute atomic E-state index is 10.2. The Labute approximate surface area is 175 Å². The molecule has 1 aliphatic rings.